The summed E-state index contributed by atoms with van der Waals surface area (Å²) in [7, 11) is 0. The van der Waals surface area contributed by atoms with Crippen LogP contribution in [0.25, 0.3) is 0 Å². The third-order valence-electron chi connectivity index (χ3n) is 3.23. The minimum absolute atomic E-state index is 0.147. The number of ether oxygens (including phenoxy) is 1. The van der Waals surface area contributed by atoms with Crippen molar-refractivity contribution in [1.29, 1.82) is 0 Å². The zero-order valence-electron chi connectivity index (χ0n) is 10.7. The Morgan fingerprint density at radius 1 is 1.47 bits per heavy atom. The fraction of sp³-hybridized carbons (Fsp3) is 0.500. The Morgan fingerprint density at radius 3 is 2.95 bits per heavy atom. The van der Waals surface area contributed by atoms with Crippen LogP contribution in [-0.4, -0.2) is 23.7 Å². The first kappa shape index (κ1) is 14.0. The summed E-state index contributed by atoms with van der Waals surface area (Å²) in [5.41, 5.74) is 0.921. The quantitative estimate of drug-likeness (QED) is 0.869. The molecule has 1 aliphatic heterocycles. The van der Waals surface area contributed by atoms with E-state index in [1.165, 1.54) is 12.1 Å². The van der Waals surface area contributed by atoms with Crippen LogP contribution < -0.4 is 5.32 Å². The average Bonchev–Trinajstić information content (AvgIpc) is 2.46. The Kier molecular flexibility index (Phi) is 4.87. The van der Waals surface area contributed by atoms with Crippen LogP contribution >= 0.6 is 0 Å². The summed E-state index contributed by atoms with van der Waals surface area (Å²) in [5, 5.41) is 11.6. The van der Waals surface area contributed by atoms with Gasteiger partial charge in [0.15, 0.2) is 0 Å². The molecule has 2 N–H and O–H groups in total. The Labute approximate surface area is 111 Å². The van der Waals surface area contributed by atoms with Crippen molar-refractivity contribution in [2.45, 2.75) is 38.5 Å². The van der Waals surface area contributed by atoms with Gasteiger partial charge in [0.1, 0.15) is 11.9 Å². The molecule has 1 saturated heterocycles. The normalized spacial score (nSPS) is 19.2. The van der Waals surface area contributed by atoms with Crippen molar-refractivity contribution in [3.8, 4) is 0 Å². The second kappa shape index (κ2) is 6.63. The summed E-state index contributed by atoms with van der Waals surface area (Å²) in [6.45, 7) is 0.563. The second-order valence-electron chi connectivity index (χ2n) is 4.66. The Morgan fingerprint density at radius 2 is 2.32 bits per heavy atom. The van der Waals surface area contributed by atoms with Gasteiger partial charge in [0, 0.05) is 18.7 Å². The Balaban J connectivity index is 1.87. The van der Waals surface area contributed by atoms with Crippen LogP contribution in [0.2, 0.25) is 0 Å². The molecule has 104 valence electrons. The van der Waals surface area contributed by atoms with E-state index in [1.807, 2.05) is 0 Å². The van der Waals surface area contributed by atoms with Crippen molar-refractivity contribution in [3.63, 3.8) is 0 Å². The number of nitrogens with one attached hydrogen (secondary N) is 1. The maximum absolute atomic E-state index is 13.4. The highest BCUT2D eigenvalue weighted by Gasteiger charge is 2.21. The number of amides is 1. The van der Waals surface area contributed by atoms with E-state index >= 15 is 0 Å². The van der Waals surface area contributed by atoms with Gasteiger partial charge in [0.25, 0.3) is 0 Å². The van der Waals surface area contributed by atoms with Crippen LogP contribution in [0.1, 0.15) is 30.4 Å². The maximum atomic E-state index is 13.4. The minimum Gasteiger partial charge on any atom is -0.392 e. The Hall–Kier alpha value is -1.46. The second-order valence-corrected chi connectivity index (χ2v) is 4.66. The number of rotatable bonds is 4. The monoisotopic (exact) mass is 267 g/mol. The summed E-state index contributed by atoms with van der Waals surface area (Å²) < 4.78 is 18.8. The van der Waals surface area contributed by atoms with Crippen molar-refractivity contribution in [2.75, 3.05) is 6.61 Å². The molecule has 19 heavy (non-hydrogen) atoms. The van der Waals surface area contributed by atoms with Gasteiger partial charge >= 0.3 is 0 Å². The van der Waals surface area contributed by atoms with Crippen molar-refractivity contribution in [3.05, 3.63) is 35.1 Å². The first-order chi connectivity index (χ1) is 9.20. The van der Waals surface area contributed by atoms with Crippen molar-refractivity contribution >= 4 is 5.91 Å². The predicted molar refractivity (Wildman–Crippen MR) is 67.8 cm³/mol. The van der Waals surface area contributed by atoms with E-state index in [4.69, 9.17) is 9.84 Å². The largest absolute Gasteiger partial charge is 0.392 e. The lowest BCUT2D eigenvalue weighted by molar-refractivity contribution is -0.135. The summed E-state index contributed by atoms with van der Waals surface area (Å²) in [6.07, 6.45) is 2.36. The molecule has 4 nitrogen and oxygen atoms in total. The highest BCUT2D eigenvalue weighted by atomic mass is 19.1. The third-order valence-corrected chi connectivity index (χ3v) is 3.23. The van der Waals surface area contributed by atoms with E-state index in [1.54, 1.807) is 6.07 Å². The molecular formula is C14H18FNO3. The molecule has 1 fully saturated rings. The minimum atomic E-state index is -0.455. The van der Waals surface area contributed by atoms with Crippen LogP contribution in [0, 0.1) is 5.82 Å². The molecule has 0 aliphatic carbocycles. The van der Waals surface area contributed by atoms with Gasteiger partial charge in [-0.05, 0) is 30.9 Å². The van der Waals surface area contributed by atoms with Crippen LogP contribution in [0.4, 0.5) is 4.39 Å². The summed E-state index contributed by atoms with van der Waals surface area (Å²) in [6, 6.07) is 4.54. The Bertz CT molecular complexity index is 444. The van der Waals surface area contributed by atoms with Gasteiger partial charge in [0.05, 0.1) is 6.61 Å². The number of hydrogen-bond donors (Lipinski definition) is 2. The van der Waals surface area contributed by atoms with Crippen LogP contribution in [0.5, 0.6) is 0 Å². The fourth-order valence-electron chi connectivity index (χ4n) is 2.08. The SMILES string of the molecule is O=C(NCc1ccc(CO)c(F)c1)[C@@H]1CCCCO1. The molecular weight excluding hydrogens is 249 g/mol. The smallest absolute Gasteiger partial charge is 0.249 e. The molecule has 1 atom stereocenters. The highest BCUT2D eigenvalue weighted by molar-refractivity contribution is 5.80. The molecule has 0 radical (unpaired) electrons. The number of benzene rings is 1. The lowest BCUT2D eigenvalue weighted by Gasteiger charge is -2.21. The van der Waals surface area contributed by atoms with E-state index in [9.17, 15) is 9.18 Å². The molecule has 0 aromatic heterocycles. The number of hydrogen-bond acceptors (Lipinski definition) is 3. The van der Waals surface area contributed by atoms with E-state index in [0.29, 0.717) is 12.2 Å². The molecule has 0 spiro atoms. The van der Waals surface area contributed by atoms with Crippen LogP contribution in [-0.2, 0) is 22.7 Å². The molecule has 1 aromatic carbocycles. The molecule has 1 heterocycles. The predicted octanol–water partition coefficient (Wildman–Crippen LogP) is 1.50. The maximum Gasteiger partial charge on any atom is 0.249 e. The number of carbonyl (C=O) groups is 1. The third kappa shape index (κ3) is 3.75. The first-order valence-corrected chi connectivity index (χ1v) is 6.48. The number of aliphatic hydroxyl groups is 1. The molecule has 0 unspecified atom stereocenters. The van der Waals surface area contributed by atoms with Gasteiger partial charge in [-0.2, -0.15) is 0 Å². The molecule has 2 rings (SSSR count). The van der Waals surface area contributed by atoms with Crippen LogP contribution in [0.15, 0.2) is 18.2 Å². The van der Waals surface area contributed by atoms with Crippen molar-refractivity contribution < 1.29 is 19.0 Å². The number of carbonyl (C=O) groups excluding carboxylic acids is 1. The average molecular weight is 267 g/mol. The van der Waals surface area contributed by atoms with Crippen LogP contribution in [0.3, 0.4) is 0 Å². The zero-order valence-corrected chi connectivity index (χ0v) is 10.7. The van der Waals surface area contributed by atoms with E-state index in [0.717, 1.165) is 19.3 Å². The molecule has 1 amide bonds. The lowest BCUT2D eigenvalue weighted by Crippen LogP contribution is -2.37. The molecule has 0 saturated carbocycles. The van der Waals surface area contributed by atoms with Gasteiger partial charge in [-0.3, -0.25) is 4.79 Å². The van der Waals surface area contributed by atoms with Gasteiger partial charge in [-0.25, -0.2) is 4.39 Å². The summed E-state index contributed by atoms with van der Waals surface area (Å²) in [5.74, 6) is -0.602. The number of halogens is 1. The molecule has 5 heteroatoms. The topological polar surface area (TPSA) is 58.6 Å². The molecule has 1 aromatic rings. The highest BCUT2D eigenvalue weighted by Crippen LogP contribution is 2.13. The molecule has 1 aliphatic rings. The zero-order chi connectivity index (χ0) is 13.7. The summed E-state index contributed by atoms with van der Waals surface area (Å²) in [4.78, 5) is 11.8. The van der Waals surface area contributed by atoms with Gasteiger partial charge < -0.3 is 15.2 Å². The van der Waals surface area contributed by atoms with E-state index in [-0.39, 0.29) is 30.7 Å². The van der Waals surface area contributed by atoms with Crippen molar-refractivity contribution in [2.24, 2.45) is 0 Å². The standard InChI is InChI=1S/C14H18FNO3/c15-12-7-10(4-5-11(12)9-17)8-16-14(18)13-3-1-2-6-19-13/h4-5,7,13,17H,1-3,6,8-9H2,(H,16,18)/t13-/m0/s1. The molecule has 0 bridgehead atoms. The van der Waals surface area contributed by atoms with Gasteiger partial charge in [0.2, 0.25) is 5.91 Å². The van der Waals surface area contributed by atoms with Gasteiger partial charge in [-0.1, -0.05) is 12.1 Å². The summed E-state index contributed by atoms with van der Waals surface area (Å²) >= 11 is 0. The number of aliphatic hydroxyl groups excluding tert-OH is 1. The van der Waals surface area contributed by atoms with Gasteiger partial charge in [-0.15, -0.1) is 0 Å². The van der Waals surface area contributed by atoms with Crippen molar-refractivity contribution in [1.82, 2.24) is 5.32 Å². The first-order valence-electron chi connectivity index (χ1n) is 6.48. The lowest BCUT2D eigenvalue weighted by atomic mass is 10.1. The fourth-order valence-corrected chi connectivity index (χ4v) is 2.08. The van der Waals surface area contributed by atoms with E-state index < -0.39 is 5.82 Å². The van der Waals surface area contributed by atoms with E-state index in [2.05, 4.69) is 5.32 Å².